The summed E-state index contributed by atoms with van der Waals surface area (Å²) in [6.45, 7) is 14.1. The maximum absolute atomic E-state index is 12.5. The van der Waals surface area contributed by atoms with E-state index in [9.17, 15) is 4.79 Å². The van der Waals surface area contributed by atoms with E-state index in [1.165, 1.54) is 12.8 Å². The van der Waals surface area contributed by atoms with Gasteiger partial charge in [0, 0.05) is 39.1 Å². The second kappa shape index (κ2) is 9.60. The van der Waals surface area contributed by atoms with Crippen LogP contribution in [0.4, 0.5) is 0 Å². The molecule has 2 saturated heterocycles. The molecule has 1 N–H and O–H groups in total. The lowest BCUT2D eigenvalue weighted by molar-refractivity contribution is -0.134. The molecule has 2 unspecified atom stereocenters. The van der Waals surface area contributed by atoms with Crippen LogP contribution in [0, 0.1) is 11.8 Å². The van der Waals surface area contributed by atoms with E-state index in [2.05, 4.69) is 35.9 Å². The van der Waals surface area contributed by atoms with Gasteiger partial charge in [0.05, 0.1) is 12.7 Å². The third kappa shape index (κ3) is 6.40. The van der Waals surface area contributed by atoms with Crippen molar-refractivity contribution in [3.63, 3.8) is 0 Å². The zero-order valence-corrected chi connectivity index (χ0v) is 15.2. The van der Waals surface area contributed by atoms with Crippen LogP contribution in [0.1, 0.15) is 40.0 Å². The summed E-state index contributed by atoms with van der Waals surface area (Å²) in [6, 6.07) is 0. The van der Waals surface area contributed by atoms with Crippen molar-refractivity contribution < 1.29 is 9.53 Å². The monoisotopic (exact) mass is 325 g/mol. The quantitative estimate of drug-likeness (QED) is 0.772. The van der Waals surface area contributed by atoms with E-state index in [1.54, 1.807) is 0 Å². The van der Waals surface area contributed by atoms with Crippen LogP contribution in [0.5, 0.6) is 0 Å². The molecule has 2 atom stereocenters. The third-order valence-corrected chi connectivity index (χ3v) is 5.22. The van der Waals surface area contributed by atoms with E-state index in [4.69, 9.17) is 4.74 Å². The molecule has 2 heterocycles. The molecule has 2 rings (SSSR count). The summed E-state index contributed by atoms with van der Waals surface area (Å²) in [5.74, 6) is 1.51. The van der Waals surface area contributed by atoms with Gasteiger partial charge in [-0.25, -0.2) is 0 Å². The van der Waals surface area contributed by atoms with Gasteiger partial charge >= 0.3 is 0 Å². The first-order valence-electron chi connectivity index (χ1n) is 9.38. The molecule has 23 heavy (non-hydrogen) atoms. The lowest BCUT2D eigenvalue weighted by Crippen LogP contribution is -2.50. The van der Waals surface area contributed by atoms with E-state index >= 15 is 0 Å². The summed E-state index contributed by atoms with van der Waals surface area (Å²) in [5, 5.41) is 3.46. The minimum Gasteiger partial charge on any atom is -0.377 e. The summed E-state index contributed by atoms with van der Waals surface area (Å²) < 4.78 is 5.61. The summed E-state index contributed by atoms with van der Waals surface area (Å²) in [4.78, 5) is 17.0. The molecule has 134 valence electrons. The highest BCUT2D eigenvalue weighted by molar-refractivity contribution is 5.76. The molecule has 2 aliphatic rings. The fourth-order valence-electron chi connectivity index (χ4n) is 3.57. The number of rotatable bonds is 7. The lowest BCUT2D eigenvalue weighted by Gasteiger charge is -2.36. The number of nitrogens with one attached hydrogen (secondary N) is 1. The van der Waals surface area contributed by atoms with Gasteiger partial charge < -0.3 is 15.0 Å². The average molecular weight is 325 g/mol. The van der Waals surface area contributed by atoms with Crippen molar-refractivity contribution >= 4 is 5.91 Å². The minimum atomic E-state index is 0.300. The molecular formula is C18H35N3O2. The van der Waals surface area contributed by atoms with Gasteiger partial charge in [-0.15, -0.1) is 0 Å². The van der Waals surface area contributed by atoms with Crippen molar-refractivity contribution in [2.24, 2.45) is 11.8 Å². The first kappa shape index (κ1) is 18.7. The van der Waals surface area contributed by atoms with Crippen LogP contribution in [0.15, 0.2) is 0 Å². The van der Waals surface area contributed by atoms with Crippen LogP contribution in [0.3, 0.4) is 0 Å². The SMILES string of the molecule is CC(C)OCCN1CCN(C(=O)CC(C)C2CCCNC2)CC1. The molecule has 0 aliphatic carbocycles. The standard InChI is InChI=1S/C18H35N3O2/c1-15(2)23-12-11-20-7-9-21(10-8-20)18(22)13-16(3)17-5-4-6-19-14-17/h15-17,19H,4-14H2,1-3H3. The summed E-state index contributed by atoms with van der Waals surface area (Å²) in [6.07, 6.45) is 3.53. The van der Waals surface area contributed by atoms with Gasteiger partial charge in [0.15, 0.2) is 0 Å². The Morgan fingerprint density at radius 1 is 1.22 bits per heavy atom. The van der Waals surface area contributed by atoms with Crippen LogP contribution in [0.2, 0.25) is 0 Å². The maximum Gasteiger partial charge on any atom is 0.222 e. The molecular weight excluding hydrogens is 290 g/mol. The fourth-order valence-corrected chi connectivity index (χ4v) is 3.57. The van der Waals surface area contributed by atoms with Gasteiger partial charge in [-0.05, 0) is 51.6 Å². The maximum atomic E-state index is 12.5. The Hall–Kier alpha value is -0.650. The number of piperazine rings is 1. The van der Waals surface area contributed by atoms with E-state index in [1.807, 2.05) is 0 Å². The second-order valence-electron chi connectivity index (χ2n) is 7.43. The Kier molecular flexibility index (Phi) is 7.80. The van der Waals surface area contributed by atoms with E-state index in [0.29, 0.717) is 30.3 Å². The summed E-state index contributed by atoms with van der Waals surface area (Å²) in [7, 11) is 0. The van der Waals surface area contributed by atoms with Crippen LogP contribution in [-0.4, -0.2) is 74.2 Å². The molecule has 2 fully saturated rings. The molecule has 5 nitrogen and oxygen atoms in total. The molecule has 1 amide bonds. The van der Waals surface area contributed by atoms with Gasteiger partial charge in [-0.1, -0.05) is 6.92 Å². The van der Waals surface area contributed by atoms with Crippen LogP contribution in [0.25, 0.3) is 0 Å². The van der Waals surface area contributed by atoms with Crippen molar-refractivity contribution in [3.05, 3.63) is 0 Å². The highest BCUT2D eigenvalue weighted by Gasteiger charge is 2.26. The molecule has 0 spiro atoms. The number of hydrogen-bond donors (Lipinski definition) is 1. The molecule has 0 aromatic heterocycles. The van der Waals surface area contributed by atoms with Crippen LogP contribution >= 0.6 is 0 Å². The lowest BCUT2D eigenvalue weighted by atomic mass is 9.85. The predicted octanol–water partition coefficient (Wildman–Crippen LogP) is 1.58. The van der Waals surface area contributed by atoms with Gasteiger partial charge in [0.2, 0.25) is 5.91 Å². The number of ether oxygens (including phenoxy) is 1. The number of hydrogen-bond acceptors (Lipinski definition) is 4. The van der Waals surface area contributed by atoms with E-state index in [0.717, 1.165) is 52.4 Å². The fraction of sp³-hybridized carbons (Fsp3) is 0.944. The average Bonchev–Trinajstić information content (AvgIpc) is 2.56. The van der Waals surface area contributed by atoms with Gasteiger partial charge in [0.25, 0.3) is 0 Å². The molecule has 0 saturated carbocycles. The topological polar surface area (TPSA) is 44.8 Å². The number of nitrogens with zero attached hydrogens (tertiary/aromatic N) is 2. The van der Waals surface area contributed by atoms with Crippen molar-refractivity contribution in [3.8, 4) is 0 Å². The Balaban J connectivity index is 1.64. The Labute approximate surface area is 141 Å². The minimum absolute atomic E-state index is 0.300. The normalized spacial score (nSPS) is 24.9. The molecule has 0 bridgehead atoms. The largest absolute Gasteiger partial charge is 0.377 e. The summed E-state index contributed by atoms with van der Waals surface area (Å²) in [5.41, 5.74) is 0. The molecule has 2 aliphatic heterocycles. The number of carbonyl (C=O) groups is 1. The van der Waals surface area contributed by atoms with E-state index in [-0.39, 0.29) is 0 Å². The Morgan fingerprint density at radius 3 is 2.57 bits per heavy atom. The number of amides is 1. The van der Waals surface area contributed by atoms with E-state index < -0.39 is 0 Å². The van der Waals surface area contributed by atoms with Crippen molar-refractivity contribution in [2.75, 3.05) is 52.4 Å². The Morgan fingerprint density at radius 2 is 1.96 bits per heavy atom. The molecule has 0 aromatic carbocycles. The van der Waals surface area contributed by atoms with Gasteiger partial charge in [-0.3, -0.25) is 9.69 Å². The molecule has 0 aromatic rings. The van der Waals surface area contributed by atoms with Gasteiger partial charge in [0.1, 0.15) is 0 Å². The van der Waals surface area contributed by atoms with Gasteiger partial charge in [-0.2, -0.15) is 0 Å². The first-order valence-corrected chi connectivity index (χ1v) is 9.38. The zero-order chi connectivity index (χ0) is 16.7. The van der Waals surface area contributed by atoms with Crippen LogP contribution in [-0.2, 0) is 9.53 Å². The van der Waals surface area contributed by atoms with Crippen molar-refractivity contribution in [1.82, 2.24) is 15.1 Å². The second-order valence-corrected chi connectivity index (χ2v) is 7.43. The number of piperidine rings is 1. The third-order valence-electron chi connectivity index (χ3n) is 5.22. The number of carbonyl (C=O) groups excluding carboxylic acids is 1. The summed E-state index contributed by atoms with van der Waals surface area (Å²) >= 11 is 0. The first-order chi connectivity index (χ1) is 11.1. The highest BCUT2D eigenvalue weighted by Crippen LogP contribution is 2.23. The Bertz CT molecular complexity index is 348. The van der Waals surface area contributed by atoms with Crippen molar-refractivity contribution in [1.29, 1.82) is 0 Å². The molecule has 0 radical (unpaired) electrons. The zero-order valence-electron chi connectivity index (χ0n) is 15.2. The van der Waals surface area contributed by atoms with Crippen LogP contribution < -0.4 is 5.32 Å². The highest BCUT2D eigenvalue weighted by atomic mass is 16.5. The predicted molar refractivity (Wildman–Crippen MR) is 93.5 cm³/mol. The molecule has 5 heteroatoms. The smallest absolute Gasteiger partial charge is 0.222 e. The van der Waals surface area contributed by atoms with Crippen molar-refractivity contribution in [2.45, 2.75) is 46.1 Å².